The summed E-state index contributed by atoms with van der Waals surface area (Å²) in [5.41, 5.74) is 2.29. The Balaban J connectivity index is 1.56. The van der Waals surface area contributed by atoms with Crippen LogP contribution in [0.1, 0.15) is 29.8 Å². The highest BCUT2D eigenvalue weighted by Gasteiger charge is 2.54. The van der Waals surface area contributed by atoms with Gasteiger partial charge in [0, 0.05) is 42.8 Å². The van der Waals surface area contributed by atoms with Gasteiger partial charge in [0.15, 0.2) is 0 Å². The molecule has 1 aromatic heterocycles. The van der Waals surface area contributed by atoms with Crippen molar-refractivity contribution in [1.82, 2.24) is 14.8 Å². The number of aliphatic hydroxyl groups excluding tert-OH is 1. The fraction of sp³-hybridized carbons (Fsp3) is 0.391. The molecule has 6 nitrogen and oxygen atoms in total. The van der Waals surface area contributed by atoms with Crippen LogP contribution in [0.3, 0.4) is 0 Å². The van der Waals surface area contributed by atoms with Crippen molar-refractivity contribution in [3.05, 3.63) is 75.5 Å². The Morgan fingerprint density at radius 2 is 2.00 bits per heavy atom. The quantitative estimate of drug-likeness (QED) is 0.789. The molecule has 1 amide bonds. The van der Waals surface area contributed by atoms with Crippen LogP contribution >= 0.6 is 0 Å². The summed E-state index contributed by atoms with van der Waals surface area (Å²) >= 11 is 0. The lowest BCUT2D eigenvalue weighted by molar-refractivity contribution is -0.127. The molecule has 0 aliphatic carbocycles. The number of nitrogens with one attached hydrogen (secondary N) is 1. The number of aliphatic hydroxyl groups is 1. The monoisotopic (exact) mass is 411 g/mol. The molecule has 2 aromatic rings. The van der Waals surface area contributed by atoms with Crippen LogP contribution in [0.4, 0.5) is 4.39 Å². The summed E-state index contributed by atoms with van der Waals surface area (Å²) in [5.74, 6) is -0.789. The van der Waals surface area contributed by atoms with Crippen LogP contribution in [0.5, 0.6) is 0 Å². The Kier molecular flexibility index (Phi) is 5.58. The normalized spacial score (nSPS) is 25.5. The van der Waals surface area contributed by atoms with Crippen molar-refractivity contribution in [2.24, 2.45) is 11.8 Å². The van der Waals surface area contributed by atoms with Crippen molar-refractivity contribution >= 4 is 12.0 Å². The second-order valence-corrected chi connectivity index (χ2v) is 8.04. The number of pyridine rings is 1. The van der Waals surface area contributed by atoms with Crippen LogP contribution in [0.25, 0.3) is 6.08 Å². The van der Waals surface area contributed by atoms with E-state index in [9.17, 15) is 19.1 Å². The number of amides is 1. The summed E-state index contributed by atoms with van der Waals surface area (Å²) in [4.78, 5) is 27.8. The highest BCUT2D eigenvalue weighted by Crippen LogP contribution is 2.48. The number of allylic oxidation sites excluding steroid dienone is 1. The molecule has 30 heavy (non-hydrogen) atoms. The molecule has 4 atom stereocenters. The van der Waals surface area contributed by atoms with Gasteiger partial charge in [-0.2, -0.15) is 0 Å². The molecule has 2 N–H and O–H groups in total. The summed E-state index contributed by atoms with van der Waals surface area (Å²) in [6.45, 7) is 2.52. The second-order valence-electron chi connectivity index (χ2n) is 8.04. The maximum atomic E-state index is 13.1. The van der Waals surface area contributed by atoms with E-state index >= 15 is 0 Å². The van der Waals surface area contributed by atoms with E-state index in [1.54, 1.807) is 22.8 Å². The van der Waals surface area contributed by atoms with Gasteiger partial charge in [0.1, 0.15) is 5.82 Å². The van der Waals surface area contributed by atoms with Crippen molar-refractivity contribution in [1.29, 1.82) is 0 Å². The van der Waals surface area contributed by atoms with Crippen molar-refractivity contribution in [2.45, 2.75) is 32.1 Å². The van der Waals surface area contributed by atoms with Gasteiger partial charge in [0.05, 0.1) is 12.1 Å². The fourth-order valence-corrected chi connectivity index (χ4v) is 4.99. The average molecular weight is 411 g/mol. The zero-order chi connectivity index (χ0) is 21.4. The van der Waals surface area contributed by atoms with Gasteiger partial charge in [-0.15, -0.1) is 0 Å². The zero-order valence-electron chi connectivity index (χ0n) is 17.1. The lowest BCUT2D eigenvalue weighted by atomic mass is 9.88. The summed E-state index contributed by atoms with van der Waals surface area (Å²) in [7, 11) is 1.87. The van der Waals surface area contributed by atoms with E-state index in [0.29, 0.717) is 18.7 Å². The Labute approximate surface area is 174 Å². The number of benzene rings is 1. The summed E-state index contributed by atoms with van der Waals surface area (Å²) < 4.78 is 14.9. The Bertz CT molecular complexity index is 1030. The second kappa shape index (κ2) is 8.16. The topological polar surface area (TPSA) is 74.6 Å². The van der Waals surface area contributed by atoms with Crippen LogP contribution in [0.2, 0.25) is 0 Å². The standard InChI is InChI=1S/C23H26FN3O3/c1-3-4-15-7-10-19-20-17(12-27(19)23(15)30)18(13-28)21(26(20)2)22(29)25-11-14-5-8-16(24)9-6-14/h3-10,17-18,20-21,28H,11-13H2,1-2H3,(H,25,29)/b4-3+/t17-,18-,20+,21-/m1/s1. The van der Waals surface area contributed by atoms with E-state index in [1.807, 2.05) is 37.1 Å². The number of nitrogens with zero attached hydrogens (tertiary/aromatic N) is 2. The SMILES string of the molecule is C/C=C/c1ccc2n(c1=O)C[C@@H]1[C@@H](CO)[C@H](C(=O)NCc3ccc(F)cc3)N(C)[C@H]21. The molecule has 0 unspecified atom stereocenters. The number of carbonyl (C=O) groups excluding carboxylic acids is 1. The number of rotatable bonds is 5. The minimum Gasteiger partial charge on any atom is -0.396 e. The zero-order valence-corrected chi connectivity index (χ0v) is 17.1. The molecule has 2 aliphatic heterocycles. The molecule has 0 spiro atoms. The number of hydrogen-bond donors (Lipinski definition) is 2. The number of halogens is 1. The highest BCUT2D eigenvalue weighted by molar-refractivity contribution is 5.82. The van der Waals surface area contributed by atoms with E-state index in [0.717, 1.165) is 11.3 Å². The smallest absolute Gasteiger partial charge is 0.258 e. The van der Waals surface area contributed by atoms with Crippen LogP contribution in [-0.4, -0.2) is 40.2 Å². The third kappa shape index (κ3) is 3.38. The maximum Gasteiger partial charge on any atom is 0.258 e. The average Bonchev–Trinajstić information content (AvgIpc) is 3.25. The largest absolute Gasteiger partial charge is 0.396 e. The van der Waals surface area contributed by atoms with E-state index in [-0.39, 0.29) is 41.8 Å². The number of aromatic nitrogens is 1. The van der Waals surface area contributed by atoms with Gasteiger partial charge in [0.2, 0.25) is 5.91 Å². The van der Waals surface area contributed by atoms with Gasteiger partial charge >= 0.3 is 0 Å². The molecule has 0 radical (unpaired) electrons. The van der Waals surface area contributed by atoms with E-state index in [2.05, 4.69) is 5.32 Å². The first-order valence-electron chi connectivity index (χ1n) is 10.2. The first kappa shape index (κ1) is 20.5. The van der Waals surface area contributed by atoms with Crippen LogP contribution in [-0.2, 0) is 17.9 Å². The van der Waals surface area contributed by atoms with Gasteiger partial charge in [0.25, 0.3) is 5.56 Å². The minimum atomic E-state index is -0.496. The fourth-order valence-electron chi connectivity index (χ4n) is 4.99. The molecule has 1 aromatic carbocycles. The lowest BCUT2D eigenvalue weighted by Gasteiger charge is -2.27. The molecule has 1 fully saturated rings. The van der Waals surface area contributed by atoms with Crippen LogP contribution in [0.15, 0.2) is 47.3 Å². The van der Waals surface area contributed by atoms with E-state index < -0.39 is 6.04 Å². The first-order chi connectivity index (χ1) is 14.5. The van der Waals surface area contributed by atoms with Crippen molar-refractivity contribution < 1.29 is 14.3 Å². The molecular weight excluding hydrogens is 385 g/mol. The Morgan fingerprint density at radius 1 is 1.27 bits per heavy atom. The Morgan fingerprint density at radius 3 is 2.67 bits per heavy atom. The van der Waals surface area contributed by atoms with E-state index in [4.69, 9.17) is 0 Å². The highest BCUT2D eigenvalue weighted by atomic mass is 19.1. The number of fused-ring (bicyclic) bond motifs is 3. The Hall–Kier alpha value is -2.77. The van der Waals surface area contributed by atoms with Gasteiger partial charge in [-0.05, 0) is 43.8 Å². The number of likely N-dealkylation sites (N-methyl/N-ethyl adjacent to an activating group) is 1. The summed E-state index contributed by atoms with van der Waals surface area (Å²) in [5, 5.41) is 13.0. The van der Waals surface area contributed by atoms with Gasteiger partial charge < -0.3 is 15.0 Å². The minimum absolute atomic E-state index is 0.0184. The van der Waals surface area contributed by atoms with Crippen molar-refractivity contribution in [2.75, 3.05) is 13.7 Å². The van der Waals surface area contributed by atoms with Gasteiger partial charge in [-0.3, -0.25) is 14.5 Å². The molecule has 0 saturated carbocycles. The van der Waals surface area contributed by atoms with Crippen molar-refractivity contribution in [3.8, 4) is 0 Å². The molecular formula is C23H26FN3O3. The molecule has 0 bridgehead atoms. The number of carbonyl (C=O) groups is 1. The molecule has 4 rings (SSSR count). The third-order valence-corrected chi connectivity index (χ3v) is 6.38. The maximum absolute atomic E-state index is 13.1. The molecule has 1 saturated heterocycles. The molecule has 7 heteroatoms. The lowest BCUT2D eigenvalue weighted by Crippen LogP contribution is -2.46. The molecule has 3 heterocycles. The van der Waals surface area contributed by atoms with Crippen LogP contribution in [0, 0.1) is 17.7 Å². The summed E-state index contributed by atoms with van der Waals surface area (Å²) in [6, 6.07) is 9.17. The molecule has 2 aliphatic rings. The van der Waals surface area contributed by atoms with Gasteiger partial charge in [-0.25, -0.2) is 4.39 Å². The number of hydrogen-bond acceptors (Lipinski definition) is 4. The van der Waals surface area contributed by atoms with Crippen LogP contribution < -0.4 is 10.9 Å². The predicted molar refractivity (Wildman–Crippen MR) is 112 cm³/mol. The third-order valence-electron chi connectivity index (χ3n) is 6.38. The van der Waals surface area contributed by atoms with Gasteiger partial charge in [-0.1, -0.05) is 24.3 Å². The number of likely N-dealkylation sites (tertiary alicyclic amines) is 1. The molecule has 158 valence electrons. The predicted octanol–water partition coefficient (Wildman–Crippen LogP) is 1.93. The first-order valence-corrected chi connectivity index (χ1v) is 10.2. The van der Waals surface area contributed by atoms with Crippen molar-refractivity contribution in [3.63, 3.8) is 0 Å². The summed E-state index contributed by atoms with van der Waals surface area (Å²) in [6.07, 6.45) is 3.63. The van der Waals surface area contributed by atoms with E-state index in [1.165, 1.54) is 12.1 Å².